The fourth-order valence-corrected chi connectivity index (χ4v) is 3.55. The van der Waals surface area contributed by atoms with Gasteiger partial charge < -0.3 is 15.4 Å². The van der Waals surface area contributed by atoms with Gasteiger partial charge >= 0.3 is 6.03 Å². The number of anilines is 1. The second-order valence-corrected chi connectivity index (χ2v) is 6.78. The Balaban J connectivity index is 1.69. The molecule has 3 rings (SSSR count). The standard InChI is InChI=1S/C20H24ClN3O2/c1-26-19-10-3-2-9-17(19)18(24-11-4-5-12-24)14-22-20(25)23-16-8-6-7-15(21)13-16/h2-3,6-10,13,18H,4-5,11-12,14H2,1H3,(H2,22,23,25)/t18-/m1/s1. The smallest absolute Gasteiger partial charge is 0.319 e. The predicted octanol–water partition coefficient (Wildman–Crippen LogP) is 4.31. The quantitative estimate of drug-likeness (QED) is 0.793. The second kappa shape index (κ2) is 8.92. The molecule has 1 aliphatic heterocycles. The van der Waals surface area contributed by atoms with Crippen LogP contribution in [-0.2, 0) is 0 Å². The lowest BCUT2D eigenvalue weighted by Crippen LogP contribution is -2.38. The molecule has 1 saturated heterocycles. The van der Waals surface area contributed by atoms with E-state index in [1.54, 1.807) is 25.3 Å². The van der Waals surface area contributed by atoms with Gasteiger partial charge in [0, 0.05) is 22.8 Å². The van der Waals surface area contributed by atoms with Crippen molar-refractivity contribution < 1.29 is 9.53 Å². The van der Waals surface area contributed by atoms with Gasteiger partial charge in [0.25, 0.3) is 0 Å². The van der Waals surface area contributed by atoms with E-state index in [4.69, 9.17) is 16.3 Å². The first kappa shape index (κ1) is 18.5. The second-order valence-electron chi connectivity index (χ2n) is 6.35. The largest absolute Gasteiger partial charge is 0.496 e. The zero-order valence-corrected chi connectivity index (χ0v) is 15.6. The van der Waals surface area contributed by atoms with Crippen LogP contribution in [0, 0.1) is 0 Å². The van der Waals surface area contributed by atoms with Crippen molar-refractivity contribution in [3.05, 3.63) is 59.1 Å². The molecule has 0 spiro atoms. The summed E-state index contributed by atoms with van der Waals surface area (Å²) in [7, 11) is 1.68. The lowest BCUT2D eigenvalue weighted by atomic mass is 10.0. The van der Waals surface area contributed by atoms with Crippen LogP contribution in [0.25, 0.3) is 0 Å². The number of likely N-dealkylation sites (tertiary alicyclic amines) is 1. The lowest BCUT2D eigenvalue weighted by molar-refractivity contribution is 0.224. The summed E-state index contributed by atoms with van der Waals surface area (Å²) in [5.74, 6) is 0.849. The third-order valence-electron chi connectivity index (χ3n) is 4.62. The van der Waals surface area contributed by atoms with Gasteiger partial charge in [-0.05, 0) is 50.2 Å². The zero-order valence-electron chi connectivity index (χ0n) is 14.9. The first-order valence-corrected chi connectivity index (χ1v) is 9.22. The Morgan fingerprint density at radius 1 is 1.19 bits per heavy atom. The number of rotatable bonds is 6. The molecular formula is C20H24ClN3O2. The molecule has 2 amide bonds. The third kappa shape index (κ3) is 4.68. The van der Waals surface area contributed by atoms with Crippen molar-refractivity contribution in [2.75, 3.05) is 32.1 Å². The number of halogens is 1. The van der Waals surface area contributed by atoms with Crippen molar-refractivity contribution in [3.8, 4) is 5.75 Å². The summed E-state index contributed by atoms with van der Waals surface area (Å²) < 4.78 is 5.53. The summed E-state index contributed by atoms with van der Waals surface area (Å²) in [6, 6.07) is 14.9. The molecule has 0 aromatic heterocycles. The van der Waals surface area contributed by atoms with Crippen LogP contribution in [0.15, 0.2) is 48.5 Å². The van der Waals surface area contributed by atoms with Crippen LogP contribution in [0.1, 0.15) is 24.4 Å². The van der Waals surface area contributed by atoms with Gasteiger partial charge in [-0.3, -0.25) is 4.90 Å². The predicted molar refractivity (Wildman–Crippen MR) is 105 cm³/mol. The number of amides is 2. The number of benzene rings is 2. The number of hydrogen-bond acceptors (Lipinski definition) is 3. The molecule has 26 heavy (non-hydrogen) atoms. The number of carbonyl (C=O) groups excluding carboxylic acids is 1. The maximum absolute atomic E-state index is 12.3. The summed E-state index contributed by atoms with van der Waals surface area (Å²) in [6.07, 6.45) is 2.36. The van der Waals surface area contributed by atoms with E-state index in [2.05, 4.69) is 21.6 Å². The average Bonchev–Trinajstić information content (AvgIpc) is 3.17. The van der Waals surface area contributed by atoms with Crippen LogP contribution in [0.5, 0.6) is 5.75 Å². The number of hydrogen-bond donors (Lipinski definition) is 2. The third-order valence-corrected chi connectivity index (χ3v) is 4.85. The van der Waals surface area contributed by atoms with Gasteiger partial charge in [0.2, 0.25) is 0 Å². The molecule has 1 heterocycles. The van der Waals surface area contributed by atoms with Crippen LogP contribution in [0.4, 0.5) is 10.5 Å². The number of nitrogens with zero attached hydrogens (tertiary/aromatic N) is 1. The molecule has 0 unspecified atom stereocenters. The van der Waals surface area contributed by atoms with Crippen molar-refractivity contribution in [1.82, 2.24) is 10.2 Å². The number of para-hydroxylation sites is 1. The van der Waals surface area contributed by atoms with Gasteiger partial charge in [0.1, 0.15) is 5.75 Å². The molecule has 2 aromatic carbocycles. The highest BCUT2D eigenvalue weighted by atomic mass is 35.5. The Morgan fingerprint density at radius 2 is 1.96 bits per heavy atom. The van der Waals surface area contributed by atoms with E-state index in [9.17, 15) is 4.79 Å². The Hall–Kier alpha value is -2.24. The maximum atomic E-state index is 12.3. The lowest BCUT2D eigenvalue weighted by Gasteiger charge is -2.29. The monoisotopic (exact) mass is 373 g/mol. The molecule has 2 N–H and O–H groups in total. The van der Waals surface area contributed by atoms with Crippen LogP contribution in [0.3, 0.4) is 0 Å². The van der Waals surface area contributed by atoms with Crippen molar-refractivity contribution in [2.45, 2.75) is 18.9 Å². The average molecular weight is 374 g/mol. The Labute approximate surface area is 159 Å². The molecule has 1 fully saturated rings. The van der Waals surface area contributed by atoms with E-state index in [0.717, 1.165) is 24.4 Å². The molecule has 0 aliphatic carbocycles. The maximum Gasteiger partial charge on any atom is 0.319 e. The van der Waals surface area contributed by atoms with Gasteiger partial charge in [-0.15, -0.1) is 0 Å². The van der Waals surface area contributed by atoms with Gasteiger partial charge in [-0.25, -0.2) is 4.79 Å². The number of urea groups is 1. The number of ether oxygens (including phenoxy) is 1. The van der Waals surface area contributed by atoms with Crippen molar-refractivity contribution in [2.24, 2.45) is 0 Å². The minimum atomic E-state index is -0.244. The molecule has 0 radical (unpaired) electrons. The minimum absolute atomic E-state index is 0.0822. The molecule has 6 heteroatoms. The summed E-state index contributed by atoms with van der Waals surface area (Å²) >= 11 is 5.96. The van der Waals surface area contributed by atoms with Crippen LogP contribution < -0.4 is 15.4 Å². The molecule has 1 aliphatic rings. The van der Waals surface area contributed by atoms with E-state index < -0.39 is 0 Å². The Bertz CT molecular complexity index is 747. The van der Waals surface area contributed by atoms with Crippen LogP contribution >= 0.6 is 11.6 Å². The van der Waals surface area contributed by atoms with Crippen molar-refractivity contribution in [1.29, 1.82) is 0 Å². The van der Waals surface area contributed by atoms with E-state index in [0.29, 0.717) is 17.3 Å². The summed E-state index contributed by atoms with van der Waals surface area (Å²) in [6.45, 7) is 2.56. The summed E-state index contributed by atoms with van der Waals surface area (Å²) in [5, 5.41) is 6.40. The fourth-order valence-electron chi connectivity index (χ4n) is 3.36. The van der Waals surface area contributed by atoms with E-state index in [1.807, 2.05) is 24.3 Å². The number of methoxy groups -OCH3 is 1. The van der Waals surface area contributed by atoms with E-state index >= 15 is 0 Å². The Kier molecular flexibility index (Phi) is 6.36. The molecule has 138 valence electrons. The van der Waals surface area contributed by atoms with Crippen LogP contribution in [-0.4, -0.2) is 37.7 Å². The topological polar surface area (TPSA) is 53.6 Å². The molecule has 5 nitrogen and oxygen atoms in total. The summed E-state index contributed by atoms with van der Waals surface area (Å²) in [4.78, 5) is 14.7. The van der Waals surface area contributed by atoms with Gasteiger partial charge in [0.05, 0.1) is 13.2 Å². The van der Waals surface area contributed by atoms with Gasteiger partial charge in [-0.1, -0.05) is 35.9 Å². The normalized spacial score (nSPS) is 15.5. The molecule has 0 bridgehead atoms. The number of carbonyl (C=O) groups is 1. The van der Waals surface area contributed by atoms with Crippen molar-refractivity contribution >= 4 is 23.3 Å². The highest BCUT2D eigenvalue weighted by Gasteiger charge is 2.26. The molecular weight excluding hydrogens is 350 g/mol. The van der Waals surface area contributed by atoms with Crippen LogP contribution in [0.2, 0.25) is 5.02 Å². The first-order valence-electron chi connectivity index (χ1n) is 8.85. The SMILES string of the molecule is COc1ccccc1[C@@H](CNC(=O)Nc1cccc(Cl)c1)N1CCCC1. The fraction of sp³-hybridized carbons (Fsp3) is 0.350. The van der Waals surface area contributed by atoms with E-state index in [1.165, 1.54) is 12.8 Å². The van der Waals surface area contributed by atoms with Gasteiger partial charge in [-0.2, -0.15) is 0 Å². The van der Waals surface area contributed by atoms with E-state index in [-0.39, 0.29) is 12.1 Å². The highest BCUT2D eigenvalue weighted by molar-refractivity contribution is 6.30. The summed E-state index contributed by atoms with van der Waals surface area (Å²) in [5.41, 5.74) is 1.77. The van der Waals surface area contributed by atoms with Gasteiger partial charge in [0.15, 0.2) is 0 Å². The zero-order chi connectivity index (χ0) is 18.4. The van der Waals surface area contributed by atoms with Crippen molar-refractivity contribution in [3.63, 3.8) is 0 Å². The number of nitrogens with one attached hydrogen (secondary N) is 2. The highest BCUT2D eigenvalue weighted by Crippen LogP contribution is 2.31. The molecule has 1 atom stereocenters. The molecule has 2 aromatic rings. The minimum Gasteiger partial charge on any atom is -0.496 e. The Morgan fingerprint density at radius 3 is 2.69 bits per heavy atom. The first-order chi connectivity index (χ1) is 12.7. The molecule has 0 saturated carbocycles.